The van der Waals surface area contributed by atoms with Gasteiger partial charge in [0.15, 0.2) is 5.69 Å². The van der Waals surface area contributed by atoms with Gasteiger partial charge in [0, 0.05) is 17.0 Å². The fraction of sp³-hybridized carbons (Fsp3) is 0.250. The van der Waals surface area contributed by atoms with Crippen molar-refractivity contribution in [1.29, 1.82) is 0 Å². The molecule has 0 aliphatic carbocycles. The Morgan fingerprint density at radius 2 is 1.93 bits per heavy atom. The predicted octanol–water partition coefficient (Wildman–Crippen LogP) is 4.63. The molecule has 0 saturated heterocycles. The SMILES string of the molecule is CCCCCn1nc(C(=O)Nc2ccc(Cl)cc2F)c2ccccc2c1=O. The third kappa shape index (κ3) is 4.17. The average Bonchev–Trinajstić information content (AvgIpc) is 2.66. The zero-order valence-electron chi connectivity index (χ0n) is 14.8. The van der Waals surface area contributed by atoms with Crippen LogP contribution in [0.4, 0.5) is 10.1 Å². The maximum absolute atomic E-state index is 14.0. The first-order chi connectivity index (χ1) is 13.0. The van der Waals surface area contributed by atoms with Crippen LogP contribution in [0.3, 0.4) is 0 Å². The fourth-order valence-electron chi connectivity index (χ4n) is 2.84. The number of aromatic nitrogens is 2. The second-order valence-corrected chi connectivity index (χ2v) is 6.64. The van der Waals surface area contributed by atoms with Crippen LogP contribution in [0.1, 0.15) is 36.7 Å². The molecule has 0 fully saturated rings. The van der Waals surface area contributed by atoms with E-state index in [1.165, 1.54) is 16.8 Å². The van der Waals surface area contributed by atoms with Crippen molar-refractivity contribution in [3.8, 4) is 0 Å². The third-order valence-electron chi connectivity index (χ3n) is 4.24. The maximum Gasteiger partial charge on any atom is 0.276 e. The number of carbonyl (C=O) groups excluding carboxylic acids is 1. The number of anilines is 1. The molecule has 0 radical (unpaired) electrons. The summed E-state index contributed by atoms with van der Waals surface area (Å²) < 4.78 is 15.3. The number of aryl methyl sites for hydroxylation is 1. The average molecular weight is 388 g/mol. The number of rotatable bonds is 6. The minimum atomic E-state index is -0.642. The normalized spacial score (nSPS) is 10.9. The predicted molar refractivity (Wildman–Crippen MR) is 105 cm³/mol. The molecular formula is C20H19ClFN3O2. The second-order valence-electron chi connectivity index (χ2n) is 6.21. The van der Waals surface area contributed by atoms with Crippen molar-refractivity contribution in [1.82, 2.24) is 9.78 Å². The standard InChI is InChI=1S/C20H19ClFN3O2/c1-2-3-6-11-25-20(27)15-8-5-4-7-14(15)18(24-25)19(26)23-17-10-9-13(21)12-16(17)22/h4-5,7-10,12H,2-3,6,11H2,1H3,(H,23,26). The number of benzene rings is 2. The Morgan fingerprint density at radius 3 is 2.63 bits per heavy atom. The summed E-state index contributed by atoms with van der Waals surface area (Å²) in [4.78, 5) is 25.4. The lowest BCUT2D eigenvalue weighted by atomic mass is 10.1. The molecular weight excluding hydrogens is 369 g/mol. The number of hydrogen-bond donors (Lipinski definition) is 1. The summed E-state index contributed by atoms with van der Waals surface area (Å²) in [7, 11) is 0. The lowest BCUT2D eigenvalue weighted by Crippen LogP contribution is -2.28. The molecule has 0 unspecified atom stereocenters. The first kappa shape index (κ1) is 19.0. The van der Waals surface area contributed by atoms with Gasteiger partial charge in [-0.05, 0) is 30.7 Å². The van der Waals surface area contributed by atoms with Gasteiger partial charge in [-0.25, -0.2) is 9.07 Å². The molecule has 3 aromatic rings. The molecule has 27 heavy (non-hydrogen) atoms. The van der Waals surface area contributed by atoms with E-state index in [9.17, 15) is 14.0 Å². The number of amides is 1. The van der Waals surface area contributed by atoms with Gasteiger partial charge in [-0.2, -0.15) is 5.10 Å². The van der Waals surface area contributed by atoms with Crippen molar-refractivity contribution in [2.75, 3.05) is 5.32 Å². The van der Waals surface area contributed by atoms with E-state index in [-0.39, 0.29) is 22.0 Å². The number of nitrogens with one attached hydrogen (secondary N) is 1. The van der Waals surface area contributed by atoms with Crippen LogP contribution in [0.2, 0.25) is 5.02 Å². The van der Waals surface area contributed by atoms with E-state index in [0.29, 0.717) is 17.3 Å². The Labute approximate surface area is 160 Å². The molecule has 1 amide bonds. The van der Waals surface area contributed by atoms with Crippen LogP contribution < -0.4 is 10.9 Å². The first-order valence-corrected chi connectivity index (χ1v) is 9.15. The van der Waals surface area contributed by atoms with Crippen molar-refractivity contribution >= 4 is 34.0 Å². The van der Waals surface area contributed by atoms with E-state index in [0.717, 1.165) is 25.3 Å². The number of hydrogen-bond acceptors (Lipinski definition) is 3. The minimum absolute atomic E-state index is 0.000913. The van der Waals surface area contributed by atoms with Gasteiger partial charge in [0.1, 0.15) is 5.82 Å². The van der Waals surface area contributed by atoms with Crippen molar-refractivity contribution in [3.05, 3.63) is 69.4 Å². The van der Waals surface area contributed by atoms with Gasteiger partial charge in [-0.3, -0.25) is 9.59 Å². The highest BCUT2D eigenvalue weighted by Gasteiger charge is 2.18. The van der Waals surface area contributed by atoms with Gasteiger partial charge < -0.3 is 5.32 Å². The molecule has 0 bridgehead atoms. The highest BCUT2D eigenvalue weighted by atomic mass is 35.5. The van der Waals surface area contributed by atoms with Gasteiger partial charge in [-0.15, -0.1) is 0 Å². The molecule has 0 aliphatic heterocycles. The van der Waals surface area contributed by atoms with E-state index < -0.39 is 11.7 Å². The van der Waals surface area contributed by atoms with Gasteiger partial charge >= 0.3 is 0 Å². The molecule has 0 aliphatic rings. The molecule has 5 nitrogen and oxygen atoms in total. The Bertz CT molecular complexity index is 1050. The maximum atomic E-state index is 14.0. The summed E-state index contributed by atoms with van der Waals surface area (Å²) in [6, 6.07) is 10.8. The summed E-state index contributed by atoms with van der Waals surface area (Å²) in [6.45, 7) is 2.49. The Balaban J connectivity index is 2.02. The van der Waals surface area contributed by atoms with Crippen LogP contribution in [0, 0.1) is 5.82 Å². The quantitative estimate of drug-likeness (QED) is 0.627. The number of nitrogens with zero attached hydrogens (tertiary/aromatic N) is 2. The lowest BCUT2D eigenvalue weighted by molar-refractivity contribution is 0.102. The van der Waals surface area contributed by atoms with Crippen molar-refractivity contribution in [3.63, 3.8) is 0 Å². The number of unbranched alkanes of at least 4 members (excludes halogenated alkanes) is 2. The summed E-state index contributed by atoms with van der Waals surface area (Å²) >= 11 is 5.74. The zero-order chi connectivity index (χ0) is 19.4. The molecule has 3 rings (SSSR count). The van der Waals surface area contributed by atoms with E-state index in [1.807, 2.05) is 0 Å². The zero-order valence-corrected chi connectivity index (χ0v) is 15.6. The third-order valence-corrected chi connectivity index (χ3v) is 4.47. The van der Waals surface area contributed by atoms with Crippen LogP contribution in [0.15, 0.2) is 47.3 Å². The molecule has 0 atom stereocenters. The highest BCUT2D eigenvalue weighted by molar-refractivity contribution is 6.30. The van der Waals surface area contributed by atoms with E-state index in [2.05, 4.69) is 17.3 Å². The van der Waals surface area contributed by atoms with Crippen LogP contribution in [-0.2, 0) is 6.54 Å². The minimum Gasteiger partial charge on any atom is -0.318 e. The summed E-state index contributed by atoms with van der Waals surface area (Å²) in [5.41, 5.74) is -0.161. The van der Waals surface area contributed by atoms with Gasteiger partial charge in [0.05, 0.1) is 11.1 Å². The molecule has 2 aromatic carbocycles. The van der Waals surface area contributed by atoms with Gasteiger partial charge in [-0.1, -0.05) is 49.6 Å². The number of carbonyl (C=O) groups is 1. The summed E-state index contributed by atoms with van der Waals surface area (Å²) in [5, 5.41) is 7.84. The number of fused-ring (bicyclic) bond motifs is 1. The van der Waals surface area contributed by atoms with Crippen molar-refractivity contribution in [2.24, 2.45) is 0 Å². The molecule has 1 N–H and O–H groups in total. The molecule has 0 spiro atoms. The van der Waals surface area contributed by atoms with E-state index >= 15 is 0 Å². The van der Waals surface area contributed by atoms with Crippen molar-refractivity contribution < 1.29 is 9.18 Å². The molecule has 1 aromatic heterocycles. The lowest BCUT2D eigenvalue weighted by Gasteiger charge is -2.11. The topological polar surface area (TPSA) is 64.0 Å². The van der Waals surface area contributed by atoms with Crippen LogP contribution in [0.5, 0.6) is 0 Å². The highest BCUT2D eigenvalue weighted by Crippen LogP contribution is 2.21. The summed E-state index contributed by atoms with van der Waals surface area (Å²) in [5.74, 6) is -1.23. The van der Waals surface area contributed by atoms with E-state index in [4.69, 9.17) is 11.6 Å². The smallest absolute Gasteiger partial charge is 0.276 e. The second kappa shape index (κ2) is 8.31. The van der Waals surface area contributed by atoms with Crippen LogP contribution in [-0.4, -0.2) is 15.7 Å². The fourth-order valence-corrected chi connectivity index (χ4v) is 3.00. The largest absolute Gasteiger partial charge is 0.318 e. The Kier molecular flexibility index (Phi) is 5.86. The monoisotopic (exact) mass is 387 g/mol. The molecule has 0 saturated carbocycles. The van der Waals surface area contributed by atoms with Crippen LogP contribution in [0.25, 0.3) is 10.8 Å². The van der Waals surface area contributed by atoms with Crippen LogP contribution >= 0.6 is 11.6 Å². The summed E-state index contributed by atoms with van der Waals surface area (Å²) in [6.07, 6.45) is 2.75. The number of halogens is 2. The Morgan fingerprint density at radius 1 is 1.19 bits per heavy atom. The first-order valence-electron chi connectivity index (χ1n) is 8.77. The molecule has 140 valence electrons. The molecule has 7 heteroatoms. The Hall–Kier alpha value is -2.73. The van der Waals surface area contributed by atoms with Gasteiger partial charge in [0.25, 0.3) is 11.5 Å². The molecule has 1 heterocycles. The van der Waals surface area contributed by atoms with Crippen molar-refractivity contribution in [2.45, 2.75) is 32.7 Å². The van der Waals surface area contributed by atoms with E-state index in [1.54, 1.807) is 24.3 Å². The van der Waals surface area contributed by atoms with Gasteiger partial charge in [0.2, 0.25) is 0 Å².